The van der Waals surface area contributed by atoms with Crippen molar-refractivity contribution in [2.45, 2.75) is 53.4 Å². The zero-order chi connectivity index (χ0) is 23.6. The molecule has 3 aromatic rings. The van der Waals surface area contributed by atoms with Crippen molar-refractivity contribution in [3.63, 3.8) is 0 Å². The van der Waals surface area contributed by atoms with Gasteiger partial charge in [0.1, 0.15) is 39.7 Å². The number of rotatable bonds is 8. The summed E-state index contributed by atoms with van der Waals surface area (Å²) in [6, 6.07) is 5.78. The molecule has 0 fully saturated rings. The molecular formula is C26H32O6. The van der Waals surface area contributed by atoms with Crippen LogP contribution >= 0.6 is 0 Å². The fraction of sp³-hybridized carbons (Fsp3) is 0.423. The van der Waals surface area contributed by atoms with Crippen LogP contribution in [0.5, 0.6) is 23.0 Å². The van der Waals surface area contributed by atoms with E-state index in [0.717, 1.165) is 12.8 Å². The van der Waals surface area contributed by atoms with Crippen LogP contribution in [0.2, 0.25) is 0 Å². The molecule has 6 nitrogen and oxygen atoms in total. The van der Waals surface area contributed by atoms with Gasteiger partial charge in [-0.05, 0) is 49.7 Å². The zero-order valence-corrected chi connectivity index (χ0v) is 19.4. The number of ether oxygens (including phenoxy) is 1. The Labute approximate surface area is 188 Å². The van der Waals surface area contributed by atoms with Gasteiger partial charge in [0.05, 0.1) is 12.7 Å². The highest BCUT2D eigenvalue weighted by Gasteiger charge is 2.24. The first-order valence-corrected chi connectivity index (χ1v) is 11.0. The molecule has 0 spiro atoms. The molecule has 0 saturated carbocycles. The number of hydrogen-bond donors (Lipinski definition) is 3. The van der Waals surface area contributed by atoms with Crippen molar-refractivity contribution in [2.24, 2.45) is 11.8 Å². The minimum absolute atomic E-state index is 0.0905. The molecule has 32 heavy (non-hydrogen) atoms. The number of aromatic hydroxyl groups is 3. The standard InChI is InChI=1S/C26H32O6/c1-14(2)6-9-18-21(31-5)13-22-23(24(18)29)25(30)19(10-7-15(3)4)26(32-22)17-11-8-16(27)12-20(17)28/h8,11-15,27-29H,6-7,9-10H2,1-5H3. The Kier molecular flexibility index (Phi) is 7.02. The quantitative estimate of drug-likeness (QED) is 0.412. The van der Waals surface area contributed by atoms with Crippen LogP contribution in [0.3, 0.4) is 0 Å². The third-order valence-corrected chi connectivity index (χ3v) is 5.71. The van der Waals surface area contributed by atoms with E-state index in [9.17, 15) is 20.1 Å². The van der Waals surface area contributed by atoms with Crippen molar-refractivity contribution in [1.29, 1.82) is 0 Å². The van der Waals surface area contributed by atoms with E-state index in [-0.39, 0.29) is 39.4 Å². The molecule has 0 aliphatic heterocycles. The van der Waals surface area contributed by atoms with Crippen LogP contribution in [-0.2, 0) is 12.8 Å². The SMILES string of the molecule is COc1cc2oc(-c3ccc(O)cc3O)c(CCC(C)C)c(=O)c2c(O)c1CCC(C)C. The fourth-order valence-electron chi connectivity index (χ4n) is 3.83. The van der Waals surface area contributed by atoms with Gasteiger partial charge in [0, 0.05) is 23.3 Å². The summed E-state index contributed by atoms with van der Waals surface area (Å²) in [5.41, 5.74) is 1.16. The highest BCUT2D eigenvalue weighted by atomic mass is 16.5. The van der Waals surface area contributed by atoms with Crippen molar-refractivity contribution in [3.05, 3.63) is 45.6 Å². The molecule has 2 aromatic carbocycles. The van der Waals surface area contributed by atoms with Gasteiger partial charge in [0.25, 0.3) is 0 Å². The van der Waals surface area contributed by atoms with Gasteiger partial charge in [0.2, 0.25) is 0 Å². The largest absolute Gasteiger partial charge is 0.508 e. The Balaban J connectivity index is 2.33. The molecule has 172 valence electrons. The van der Waals surface area contributed by atoms with Crippen molar-refractivity contribution in [1.82, 2.24) is 0 Å². The van der Waals surface area contributed by atoms with E-state index < -0.39 is 0 Å². The first kappa shape index (κ1) is 23.5. The monoisotopic (exact) mass is 440 g/mol. The van der Waals surface area contributed by atoms with Crippen LogP contribution in [0, 0.1) is 11.8 Å². The fourth-order valence-corrected chi connectivity index (χ4v) is 3.83. The van der Waals surface area contributed by atoms with Crippen LogP contribution < -0.4 is 10.2 Å². The van der Waals surface area contributed by atoms with Crippen LogP contribution in [0.1, 0.15) is 51.7 Å². The van der Waals surface area contributed by atoms with E-state index >= 15 is 0 Å². The smallest absolute Gasteiger partial charge is 0.200 e. The molecule has 6 heteroatoms. The van der Waals surface area contributed by atoms with Crippen LogP contribution in [0.15, 0.2) is 33.5 Å². The Morgan fingerprint density at radius 1 is 0.938 bits per heavy atom. The summed E-state index contributed by atoms with van der Waals surface area (Å²) in [5, 5.41) is 31.3. The van der Waals surface area contributed by atoms with E-state index in [1.54, 1.807) is 6.07 Å². The molecule has 0 unspecified atom stereocenters. The summed E-state index contributed by atoms with van der Waals surface area (Å²) in [6.45, 7) is 8.32. The van der Waals surface area contributed by atoms with E-state index in [2.05, 4.69) is 27.7 Å². The van der Waals surface area contributed by atoms with E-state index in [0.29, 0.717) is 47.1 Å². The third-order valence-electron chi connectivity index (χ3n) is 5.71. The summed E-state index contributed by atoms with van der Waals surface area (Å²) < 4.78 is 11.6. The third kappa shape index (κ3) is 4.69. The van der Waals surface area contributed by atoms with E-state index in [4.69, 9.17) is 9.15 Å². The molecule has 0 saturated heterocycles. The number of phenols is 3. The Morgan fingerprint density at radius 3 is 2.12 bits per heavy atom. The molecule has 0 aliphatic carbocycles. The van der Waals surface area contributed by atoms with Crippen LogP contribution in [0.25, 0.3) is 22.3 Å². The van der Waals surface area contributed by atoms with Crippen molar-refractivity contribution in [2.75, 3.05) is 7.11 Å². The summed E-state index contributed by atoms with van der Waals surface area (Å²) in [4.78, 5) is 13.6. The molecular weight excluding hydrogens is 408 g/mol. The Bertz CT molecular complexity index is 1170. The van der Waals surface area contributed by atoms with Crippen molar-refractivity contribution >= 4 is 11.0 Å². The lowest BCUT2D eigenvalue weighted by Crippen LogP contribution is -2.13. The average molecular weight is 441 g/mol. The lowest BCUT2D eigenvalue weighted by atomic mass is 9.95. The molecule has 1 aromatic heterocycles. The number of phenolic OH excluding ortho intramolecular Hbond substituents is 3. The number of hydrogen-bond acceptors (Lipinski definition) is 6. The Morgan fingerprint density at radius 2 is 1.56 bits per heavy atom. The predicted molar refractivity (Wildman–Crippen MR) is 126 cm³/mol. The average Bonchev–Trinajstić information content (AvgIpc) is 2.71. The van der Waals surface area contributed by atoms with Crippen LogP contribution in [-0.4, -0.2) is 22.4 Å². The van der Waals surface area contributed by atoms with Gasteiger partial charge in [-0.25, -0.2) is 0 Å². The topological polar surface area (TPSA) is 100 Å². The maximum absolute atomic E-state index is 13.6. The van der Waals surface area contributed by atoms with Gasteiger partial charge in [-0.15, -0.1) is 0 Å². The molecule has 0 aliphatic rings. The lowest BCUT2D eigenvalue weighted by Gasteiger charge is -2.17. The van der Waals surface area contributed by atoms with Crippen molar-refractivity contribution < 1.29 is 24.5 Å². The highest BCUT2D eigenvalue weighted by Crippen LogP contribution is 2.40. The normalized spacial score (nSPS) is 11.6. The lowest BCUT2D eigenvalue weighted by molar-refractivity contribution is 0.397. The van der Waals surface area contributed by atoms with Gasteiger partial charge in [0.15, 0.2) is 5.43 Å². The second kappa shape index (κ2) is 9.55. The molecule has 3 N–H and O–H groups in total. The zero-order valence-electron chi connectivity index (χ0n) is 19.4. The van der Waals surface area contributed by atoms with E-state index in [1.165, 1.54) is 25.3 Å². The molecule has 0 radical (unpaired) electrons. The van der Waals surface area contributed by atoms with Crippen LogP contribution in [0.4, 0.5) is 0 Å². The Hall–Kier alpha value is -3.15. The molecule has 3 rings (SSSR count). The molecule has 0 amide bonds. The second-order valence-electron chi connectivity index (χ2n) is 9.08. The van der Waals surface area contributed by atoms with Crippen molar-refractivity contribution in [3.8, 4) is 34.3 Å². The predicted octanol–water partition coefficient (Wildman–Crippen LogP) is 5.76. The minimum atomic E-state index is -0.319. The summed E-state index contributed by atoms with van der Waals surface area (Å²) in [6.07, 6.45) is 2.57. The molecule has 0 bridgehead atoms. The number of benzene rings is 2. The summed E-state index contributed by atoms with van der Waals surface area (Å²) in [5.74, 6) is 1.06. The maximum atomic E-state index is 13.6. The summed E-state index contributed by atoms with van der Waals surface area (Å²) in [7, 11) is 1.52. The first-order chi connectivity index (χ1) is 15.1. The summed E-state index contributed by atoms with van der Waals surface area (Å²) >= 11 is 0. The van der Waals surface area contributed by atoms with Gasteiger partial charge < -0.3 is 24.5 Å². The minimum Gasteiger partial charge on any atom is -0.508 e. The number of fused-ring (bicyclic) bond motifs is 1. The van der Waals surface area contributed by atoms with Gasteiger partial charge in [-0.3, -0.25) is 4.79 Å². The molecule has 0 atom stereocenters. The molecule has 1 heterocycles. The number of methoxy groups -OCH3 is 1. The van der Waals surface area contributed by atoms with Gasteiger partial charge in [-0.2, -0.15) is 0 Å². The second-order valence-corrected chi connectivity index (χ2v) is 9.08. The van der Waals surface area contributed by atoms with Gasteiger partial charge in [-0.1, -0.05) is 27.7 Å². The highest BCUT2D eigenvalue weighted by molar-refractivity contribution is 5.89. The van der Waals surface area contributed by atoms with Gasteiger partial charge >= 0.3 is 0 Å². The first-order valence-electron chi connectivity index (χ1n) is 11.0. The maximum Gasteiger partial charge on any atom is 0.200 e. The van der Waals surface area contributed by atoms with E-state index in [1.807, 2.05) is 0 Å².